The molecule has 0 fully saturated rings. The van der Waals surface area contributed by atoms with Crippen LogP contribution in [0.3, 0.4) is 0 Å². The quantitative estimate of drug-likeness (QED) is 0.637. The van der Waals surface area contributed by atoms with Gasteiger partial charge in [0, 0.05) is 29.0 Å². The molecule has 128 valence electrons. The second-order valence-corrected chi connectivity index (χ2v) is 6.57. The van der Waals surface area contributed by atoms with Crippen LogP contribution in [0.1, 0.15) is 11.1 Å². The molecule has 0 saturated carbocycles. The van der Waals surface area contributed by atoms with Gasteiger partial charge in [-0.15, -0.1) is 0 Å². The molecule has 0 bridgehead atoms. The maximum atomic E-state index is 12.5. The number of fused-ring (bicyclic) bond motifs is 1. The average molecular weight is 361 g/mol. The zero-order chi connectivity index (χ0) is 17.9. The van der Waals surface area contributed by atoms with E-state index in [9.17, 15) is 4.79 Å². The van der Waals surface area contributed by atoms with Gasteiger partial charge in [0.15, 0.2) is 0 Å². The van der Waals surface area contributed by atoms with Crippen molar-refractivity contribution in [3.8, 4) is 0 Å². The van der Waals surface area contributed by atoms with Crippen molar-refractivity contribution in [2.45, 2.75) is 6.54 Å². The molecule has 3 nitrogen and oxygen atoms in total. The van der Waals surface area contributed by atoms with Crippen molar-refractivity contribution < 1.29 is 4.79 Å². The number of nitrogens with zero attached hydrogens (tertiary/aromatic N) is 1. The van der Waals surface area contributed by atoms with E-state index in [0.29, 0.717) is 17.1 Å². The Kier molecular flexibility index (Phi) is 4.46. The number of para-hydroxylation sites is 1. The summed E-state index contributed by atoms with van der Waals surface area (Å²) in [6.07, 6.45) is 1.91. The topological polar surface area (TPSA) is 32.3 Å². The van der Waals surface area contributed by atoms with Gasteiger partial charge >= 0.3 is 0 Å². The molecule has 4 heteroatoms. The van der Waals surface area contributed by atoms with Crippen LogP contribution in [-0.2, 0) is 11.3 Å². The van der Waals surface area contributed by atoms with E-state index in [1.54, 1.807) is 12.1 Å². The largest absolute Gasteiger partial charge is 0.343 e. The minimum atomic E-state index is -0.115. The highest BCUT2D eigenvalue weighted by atomic mass is 35.5. The van der Waals surface area contributed by atoms with Crippen molar-refractivity contribution >= 4 is 34.5 Å². The highest BCUT2D eigenvalue weighted by Gasteiger charge is 2.25. The SMILES string of the molecule is O=C1Nc2cc(Cl)ccc2/C1=C\N(Cc1ccccc1)c1ccccc1. The molecule has 0 saturated heterocycles. The minimum absolute atomic E-state index is 0.115. The second kappa shape index (κ2) is 7.06. The van der Waals surface area contributed by atoms with Gasteiger partial charge in [0.05, 0.1) is 11.3 Å². The van der Waals surface area contributed by atoms with Gasteiger partial charge in [0.25, 0.3) is 5.91 Å². The summed E-state index contributed by atoms with van der Waals surface area (Å²) in [7, 11) is 0. The zero-order valence-electron chi connectivity index (χ0n) is 14.0. The summed E-state index contributed by atoms with van der Waals surface area (Å²) in [6, 6.07) is 25.7. The number of carbonyl (C=O) groups excluding carboxylic acids is 1. The lowest BCUT2D eigenvalue weighted by Crippen LogP contribution is -2.17. The lowest BCUT2D eigenvalue weighted by molar-refractivity contribution is -0.110. The first-order valence-electron chi connectivity index (χ1n) is 8.39. The average Bonchev–Trinajstić information content (AvgIpc) is 2.97. The highest BCUT2D eigenvalue weighted by molar-refractivity contribution is 6.34. The fourth-order valence-electron chi connectivity index (χ4n) is 3.06. The van der Waals surface area contributed by atoms with Crippen molar-refractivity contribution in [2.75, 3.05) is 10.2 Å². The normalized spacial score (nSPS) is 14.2. The molecule has 0 spiro atoms. The van der Waals surface area contributed by atoms with Gasteiger partial charge < -0.3 is 10.2 Å². The fraction of sp³-hybridized carbons (Fsp3) is 0.0455. The molecule has 1 aliphatic heterocycles. The van der Waals surface area contributed by atoms with Crippen LogP contribution in [-0.4, -0.2) is 5.91 Å². The molecule has 0 atom stereocenters. The summed E-state index contributed by atoms with van der Waals surface area (Å²) in [5, 5.41) is 3.50. The first kappa shape index (κ1) is 16.4. The highest BCUT2D eigenvalue weighted by Crippen LogP contribution is 2.34. The van der Waals surface area contributed by atoms with E-state index >= 15 is 0 Å². The van der Waals surface area contributed by atoms with Crippen LogP contribution in [0, 0.1) is 0 Å². The molecular formula is C22H17ClN2O. The van der Waals surface area contributed by atoms with E-state index < -0.39 is 0 Å². The van der Waals surface area contributed by atoms with Gasteiger partial charge in [-0.1, -0.05) is 66.2 Å². The maximum Gasteiger partial charge on any atom is 0.257 e. The Bertz CT molecular complexity index is 968. The monoisotopic (exact) mass is 360 g/mol. The van der Waals surface area contributed by atoms with E-state index in [4.69, 9.17) is 11.6 Å². The smallest absolute Gasteiger partial charge is 0.257 e. The number of hydrogen-bond donors (Lipinski definition) is 1. The van der Waals surface area contributed by atoms with Gasteiger partial charge in [-0.3, -0.25) is 4.79 Å². The van der Waals surface area contributed by atoms with Gasteiger partial charge in [0.2, 0.25) is 0 Å². The van der Waals surface area contributed by atoms with Crippen LogP contribution < -0.4 is 10.2 Å². The summed E-state index contributed by atoms with van der Waals surface area (Å²) in [4.78, 5) is 14.6. The summed E-state index contributed by atoms with van der Waals surface area (Å²) < 4.78 is 0. The number of anilines is 2. The summed E-state index contributed by atoms with van der Waals surface area (Å²) >= 11 is 6.05. The van der Waals surface area contributed by atoms with E-state index in [0.717, 1.165) is 16.9 Å². The van der Waals surface area contributed by atoms with Crippen LogP contribution >= 0.6 is 11.6 Å². The molecule has 0 unspecified atom stereocenters. The van der Waals surface area contributed by atoms with Crippen LogP contribution in [0.25, 0.3) is 5.57 Å². The van der Waals surface area contributed by atoms with Gasteiger partial charge in [-0.2, -0.15) is 0 Å². The third-order valence-electron chi connectivity index (χ3n) is 4.33. The molecule has 3 aromatic carbocycles. The van der Waals surface area contributed by atoms with E-state index in [1.165, 1.54) is 5.56 Å². The van der Waals surface area contributed by atoms with E-state index in [1.807, 2.05) is 60.8 Å². The minimum Gasteiger partial charge on any atom is -0.343 e. The third-order valence-corrected chi connectivity index (χ3v) is 4.57. The Morgan fingerprint density at radius 2 is 1.62 bits per heavy atom. The maximum absolute atomic E-state index is 12.5. The number of carbonyl (C=O) groups is 1. The van der Waals surface area contributed by atoms with Gasteiger partial charge in [-0.05, 0) is 29.8 Å². The van der Waals surface area contributed by atoms with Crippen molar-refractivity contribution in [2.24, 2.45) is 0 Å². The number of amides is 1. The van der Waals surface area contributed by atoms with Gasteiger partial charge in [-0.25, -0.2) is 0 Å². The first-order chi connectivity index (χ1) is 12.7. The molecule has 1 N–H and O–H groups in total. The lowest BCUT2D eigenvalue weighted by atomic mass is 10.1. The molecule has 26 heavy (non-hydrogen) atoms. The standard InChI is InChI=1S/C22H17ClN2O/c23-17-11-12-19-20(22(26)24-21(19)13-17)15-25(18-9-5-2-6-10-18)14-16-7-3-1-4-8-16/h1-13,15H,14H2,(H,24,26)/b20-15+. The number of halogens is 1. The molecular weight excluding hydrogens is 344 g/mol. The van der Waals surface area contributed by atoms with E-state index in [-0.39, 0.29) is 5.91 Å². The molecule has 0 radical (unpaired) electrons. The Morgan fingerprint density at radius 3 is 2.35 bits per heavy atom. The van der Waals surface area contributed by atoms with Crippen LogP contribution in [0.15, 0.2) is 85.1 Å². The Hall–Kier alpha value is -3.04. The van der Waals surface area contributed by atoms with E-state index in [2.05, 4.69) is 22.3 Å². The Balaban J connectivity index is 1.75. The summed E-state index contributed by atoms with van der Waals surface area (Å²) in [5.41, 5.74) is 4.45. The molecule has 0 aliphatic carbocycles. The lowest BCUT2D eigenvalue weighted by Gasteiger charge is -2.21. The van der Waals surface area contributed by atoms with Crippen molar-refractivity contribution in [3.05, 3.63) is 101 Å². The Morgan fingerprint density at radius 1 is 0.923 bits per heavy atom. The second-order valence-electron chi connectivity index (χ2n) is 6.14. The number of rotatable bonds is 4. The number of benzene rings is 3. The van der Waals surface area contributed by atoms with Crippen molar-refractivity contribution in [1.29, 1.82) is 0 Å². The molecule has 1 aliphatic rings. The number of hydrogen-bond acceptors (Lipinski definition) is 2. The Labute approximate surface area is 157 Å². The van der Waals surface area contributed by atoms with Crippen LogP contribution in [0.2, 0.25) is 5.02 Å². The first-order valence-corrected chi connectivity index (χ1v) is 8.77. The third kappa shape index (κ3) is 3.35. The van der Waals surface area contributed by atoms with Gasteiger partial charge in [0.1, 0.15) is 0 Å². The van der Waals surface area contributed by atoms with Crippen molar-refractivity contribution in [1.82, 2.24) is 0 Å². The molecule has 4 rings (SSSR count). The molecule has 1 amide bonds. The number of nitrogens with one attached hydrogen (secondary N) is 1. The molecule has 3 aromatic rings. The summed E-state index contributed by atoms with van der Waals surface area (Å²) in [6.45, 7) is 0.671. The van der Waals surface area contributed by atoms with Crippen molar-refractivity contribution in [3.63, 3.8) is 0 Å². The predicted octanol–water partition coefficient (Wildman–Crippen LogP) is 5.34. The fourth-order valence-corrected chi connectivity index (χ4v) is 3.23. The predicted molar refractivity (Wildman–Crippen MR) is 107 cm³/mol. The zero-order valence-corrected chi connectivity index (χ0v) is 14.8. The summed E-state index contributed by atoms with van der Waals surface area (Å²) in [5.74, 6) is -0.115. The molecule has 1 heterocycles. The van der Waals surface area contributed by atoms with Crippen LogP contribution in [0.4, 0.5) is 11.4 Å². The molecule has 0 aromatic heterocycles. The van der Waals surface area contributed by atoms with Crippen LogP contribution in [0.5, 0.6) is 0 Å².